The number of hydrogen-bond acceptors (Lipinski definition) is 5. The van der Waals surface area contributed by atoms with E-state index in [0.717, 1.165) is 11.1 Å². The van der Waals surface area contributed by atoms with Crippen LogP contribution in [0.3, 0.4) is 0 Å². The number of benzene rings is 1. The summed E-state index contributed by atoms with van der Waals surface area (Å²) in [4.78, 5) is 7.69. The van der Waals surface area contributed by atoms with Crippen LogP contribution < -0.4 is 4.74 Å². The van der Waals surface area contributed by atoms with Gasteiger partial charge < -0.3 is 4.74 Å². The second kappa shape index (κ2) is 8.14. The molecule has 2 heterocycles. The summed E-state index contributed by atoms with van der Waals surface area (Å²) >= 11 is 0. The van der Waals surface area contributed by atoms with E-state index in [1.165, 1.54) is 16.0 Å². The van der Waals surface area contributed by atoms with Crippen LogP contribution in [0.25, 0.3) is 6.08 Å². The number of hydrogen-bond donors (Lipinski definition) is 0. The Hall–Kier alpha value is -2.32. The minimum Gasteiger partial charge on any atom is -0.471 e. The lowest BCUT2D eigenvalue weighted by Crippen LogP contribution is -2.29. The van der Waals surface area contributed by atoms with Crippen molar-refractivity contribution in [1.82, 2.24) is 14.3 Å². The zero-order valence-corrected chi connectivity index (χ0v) is 16.1. The van der Waals surface area contributed by atoms with Crippen molar-refractivity contribution in [3.8, 4) is 5.88 Å². The van der Waals surface area contributed by atoms with Gasteiger partial charge in [-0.2, -0.15) is 13.7 Å². The molecule has 0 amide bonds. The molecular formula is C19H22FN3O3S. The van der Waals surface area contributed by atoms with Crippen LogP contribution in [0.4, 0.5) is 4.39 Å². The van der Waals surface area contributed by atoms with E-state index in [1.807, 2.05) is 31.2 Å². The predicted molar refractivity (Wildman–Crippen MR) is 101 cm³/mol. The lowest BCUT2D eigenvalue weighted by Gasteiger charge is -2.15. The van der Waals surface area contributed by atoms with Crippen LogP contribution in [0, 0.1) is 12.7 Å². The van der Waals surface area contributed by atoms with E-state index in [0.29, 0.717) is 19.4 Å². The van der Waals surface area contributed by atoms with Crippen LogP contribution in [-0.2, 0) is 16.4 Å². The van der Waals surface area contributed by atoms with Gasteiger partial charge in [0.2, 0.25) is 15.8 Å². The number of aromatic nitrogens is 2. The third-order valence-corrected chi connectivity index (χ3v) is 5.95. The first kappa shape index (κ1) is 19.4. The molecule has 1 aliphatic heterocycles. The summed E-state index contributed by atoms with van der Waals surface area (Å²) < 4.78 is 46.2. The molecule has 27 heavy (non-hydrogen) atoms. The summed E-state index contributed by atoms with van der Waals surface area (Å²) in [7, 11) is -3.57. The smallest absolute Gasteiger partial charge is 0.254 e. The number of halogens is 1. The zero-order chi connectivity index (χ0) is 19.4. The molecule has 1 aromatic heterocycles. The van der Waals surface area contributed by atoms with Crippen molar-refractivity contribution >= 4 is 16.1 Å². The summed E-state index contributed by atoms with van der Waals surface area (Å²) in [5.41, 5.74) is 2.20. The molecule has 1 atom stereocenters. The molecule has 1 saturated heterocycles. The molecule has 1 fully saturated rings. The first-order chi connectivity index (χ1) is 12.9. The molecule has 0 saturated carbocycles. The van der Waals surface area contributed by atoms with Gasteiger partial charge >= 0.3 is 0 Å². The van der Waals surface area contributed by atoms with Gasteiger partial charge in [-0.25, -0.2) is 13.4 Å². The van der Waals surface area contributed by atoms with Crippen molar-refractivity contribution < 1.29 is 17.5 Å². The Bertz CT molecular complexity index is 930. The number of sulfonamides is 1. The van der Waals surface area contributed by atoms with Crippen molar-refractivity contribution in [1.29, 1.82) is 0 Å². The second-order valence-corrected chi connectivity index (χ2v) is 8.26. The highest BCUT2D eigenvalue weighted by Gasteiger charge is 2.32. The first-order valence-electron chi connectivity index (χ1n) is 8.80. The molecule has 144 valence electrons. The Labute approximate surface area is 158 Å². The lowest BCUT2D eigenvalue weighted by molar-refractivity contribution is 0.195. The molecule has 0 spiro atoms. The summed E-state index contributed by atoms with van der Waals surface area (Å²) in [6.45, 7) is 4.24. The van der Waals surface area contributed by atoms with Gasteiger partial charge in [0.1, 0.15) is 12.4 Å². The van der Waals surface area contributed by atoms with Gasteiger partial charge in [0.15, 0.2) is 0 Å². The fourth-order valence-corrected chi connectivity index (χ4v) is 4.06. The Morgan fingerprint density at radius 2 is 2.04 bits per heavy atom. The van der Waals surface area contributed by atoms with E-state index < -0.39 is 21.9 Å². The number of nitrogens with zero attached hydrogens (tertiary/aromatic N) is 3. The molecule has 0 N–H and O–H groups in total. The maximum atomic E-state index is 14.2. The molecule has 1 unspecified atom stereocenters. The number of ether oxygens (including phenoxy) is 1. The number of rotatable bonds is 6. The molecule has 0 radical (unpaired) electrons. The third-order valence-electron chi connectivity index (χ3n) is 4.42. The largest absolute Gasteiger partial charge is 0.471 e. The Morgan fingerprint density at radius 3 is 2.74 bits per heavy atom. The van der Waals surface area contributed by atoms with Crippen LogP contribution in [0.5, 0.6) is 5.88 Å². The van der Waals surface area contributed by atoms with Crippen LogP contribution >= 0.6 is 0 Å². The highest BCUT2D eigenvalue weighted by Crippen LogP contribution is 2.23. The van der Waals surface area contributed by atoms with Gasteiger partial charge in [-0.05, 0) is 31.4 Å². The van der Waals surface area contributed by atoms with Crippen molar-refractivity contribution in [2.45, 2.75) is 32.8 Å². The molecule has 1 aromatic carbocycles. The van der Waals surface area contributed by atoms with Crippen molar-refractivity contribution in [2.24, 2.45) is 0 Å². The van der Waals surface area contributed by atoms with Gasteiger partial charge in [-0.3, -0.25) is 0 Å². The maximum absolute atomic E-state index is 14.2. The molecule has 0 bridgehead atoms. The molecule has 0 aliphatic carbocycles. The average molecular weight is 391 g/mol. The topological polar surface area (TPSA) is 72.4 Å². The molecule has 3 rings (SSSR count). The van der Waals surface area contributed by atoms with Crippen molar-refractivity contribution in [2.75, 3.05) is 13.1 Å². The van der Waals surface area contributed by atoms with Crippen LogP contribution in [-0.4, -0.2) is 41.9 Å². The van der Waals surface area contributed by atoms with E-state index in [-0.39, 0.29) is 18.1 Å². The quantitative estimate of drug-likeness (QED) is 0.757. The lowest BCUT2D eigenvalue weighted by atomic mass is 10.2. The monoisotopic (exact) mass is 391 g/mol. The molecule has 1 aliphatic rings. The SMILES string of the molecule is CCc1ncnc(OC2CCN(S(=O)(=O)C=Cc3ccc(C)cc3)C2)c1F. The molecule has 8 heteroatoms. The summed E-state index contributed by atoms with van der Waals surface area (Å²) in [6.07, 6.45) is 3.29. The Balaban J connectivity index is 1.65. The van der Waals surface area contributed by atoms with Crippen LogP contribution in [0.2, 0.25) is 0 Å². The van der Waals surface area contributed by atoms with Crippen LogP contribution in [0.15, 0.2) is 36.0 Å². The molecule has 2 aromatic rings. The van der Waals surface area contributed by atoms with Crippen molar-refractivity contribution in [3.05, 3.63) is 58.6 Å². The standard InChI is InChI=1S/C19H22FN3O3S/c1-3-17-18(20)19(22-13-21-17)26-16-8-10-23(12-16)27(24,25)11-9-15-6-4-14(2)5-7-15/h4-7,9,11,13,16H,3,8,10,12H2,1-2H3. The Kier molecular flexibility index (Phi) is 5.86. The van der Waals surface area contributed by atoms with E-state index in [4.69, 9.17) is 4.74 Å². The van der Waals surface area contributed by atoms with E-state index >= 15 is 0 Å². The van der Waals surface area contributed by atoms with Gasteiger partial charge in [-0.15, -0.1) is 0 Å². The predicted octanol–water partition coefficient (Wildman–Crippen LogP) is 2.94. The fraction of sp³-hybridized carbons (Fsp3) is 0.368. The minimum absolute atomic E-state index is 0.124. The van der Waals surface area contributed by atoms with Crippen molar-refractivity contribution in [3.63, 3.8) is 0 Å². The third kappa shape index (κ3) is 4.70. The minimum atomic E-state index is -3.57. The summed E-state index contributed by atoms with van der Waals surface area (Å²) in [5, 5.41) is 1.19. The highest BCUT2D eigenvalue weighted by molar-refractivity contribution is 7.92. The second-order valence-electron chi connectivity index (χ2n) is 6.44. The Morgan fingerprint density at radius 1 is 1.30 bits per heavy atom. The normalized spacial score (nSPS) is 18.3. The first-order valence-corrected chi connectivity index (χ1v) is 10.3. The van der Waals surface area contributed by atoms with Gasteiger partial charge in [0.05, 0.1) is 12.2 Å². The maximum Gasteiger partial charge on any atom is 0.254 e. The zero-order valence-electron chi connectivity index (χ0n) is 15.3. The van der Waals surface area contributed by atoms with E-state index in [9.17, 15) is 12.8 Å². The number of aryl methyl sites for hydroxylation is 2. The van der Waals surface area contributed by atoms with Gasteiger partial charge in [0, 0.05) is 12.0 Å². The summed E-state index contributed by atoms with van der Waals surface area (Å²) in [5.74, 6) is -0.707. The molecular weight excluding hydrogens is 369 g/mol. The average Bonchev–Trinajstić information content (AvgIpc) is 3.13. The fourth-order valence-electron chi connectivity index (χ4n) is 2.83. The van der Waals surface area contributed by atoms with E-state index in [2.05, 4.69) is 9.97 Å². The van der Waals surface area contributed by atoms with Gasteiger partial charge in [-0.1, -0.05) is 36.8 Å². The van der Waals surface area contributed by atoms with E-state index in [1.54, 1.807) is 13.0 Å². The highest BCUT2D eigenvalue weighted by atomic mass is 32.2. The summed E-state index contributed by atoms with van der Waals surface area (Å²) in [6, 6.07) is 7.57. The van der Waals surface area contributed by atoms with Gasteiger partial charge in [0.25, 0.3) is 5.88 Å². The molecule has 6 nitrogen and oxygen atoms in total. The van der Waals surface area contributed by atoms with Crippen LogP contribution in [0.1, 0.15) is 30.2 Å².